The van der Waals surface area contributed by atoms with Crippen molar-refractivity contribution in [2.45, 2.75) is 50.3 Å². The molecule has 0 amide bonds. The topological polar surface area (TPSA) is 48.0 Å². The molecule has 0 fully saturated rings. The molecule has 1 aromatic carbocycles. The number of nitrogens with zero attached hydrogens (tertiary/aromatic N) is 2. The summed E-state index contributed by atoms with van der Waals surface area (Å²) in [6.45, 7) is 6.92. The third-order valence-corrected chi connectivity index (χ3v) is 4.85. The van der Waals surface area contributed by atoms with E-state index >= 15 is 0 Å². The Morgan fingerprint density at radius 2 is 2.04 bits per heavy atom. The average molecular weight is 328 g/mol. The predicted octanol–water partition coefficient (Wildman–Crippen LogP) is 4.56. The fraction of sp³-hybridized carbons (Fsp3) is 0.333. The minimum Gasteiger partial charge on any atom is -0.431 e. The maximum Gasteiger partial charge on any atom is 0.264 e. The Morgan fingerprint density at radius 3 is 2.78 bits per heavy atom. The Bertz CT molecular complexity index is 863. The van der Waals surface area contributed by atoms with Gasteiger partial charge in [-0.2, -0.15) is 0 Å². The highest BCUT2D eigenvalue weighted by Gasteiger charge is 2.14. The number of hydrogen-bond acceptors (Lipinski definition) is 4. The molecule has 2 heterocycles. The van der Waals surface area contributed by atoms with Gasteiger partial charge < -0.3 is 8.98 Å². The summed E-state index contributed by atoms with van der Waals surface area (Å²) >= 11 is 1.30. The highest BCUT2D eigenvalue weighted by Crippen LogP contribution is 2.28. The van der Waals surface area contributed by atoms with Crippen molar-refractivity contribution in [2.75, 3.05) is 0 Å². The van der Waals surface area contributed by atoms with Gasteiger partial charge >= 0.3 is 0 Å². The number of rotatable bonds is 5. The summed E-state index contributed by atoms with van der Waals surface area (Å²) in [4.78, 5) is 17.8. The zero-order chi connectivity index (χ0) is 16.4. The van der Waals surface area contributed by atoms with Crippen molar-refractivity contribution in [1.29, 1.82) is 0 Å². The number of aryl methyl sites for hydroxylation is 1. The monoisotopic (exact) mass is 328 g/mol. The summed E-state index contributed by atoms with van der Waals surface area (Å²) in [6, 6.07) is 9.55. The fourth-order valence-electron chi connectivity index (χ4n) is 2.51. The van der Waals surface area contributed by atoms with E-state index in [2.05, 4.69) is 11.9 Å². The number of benzene rings is 1. The van der Waals surface area contributed by atoms with Crippen LogP contribution in [0.2, 0.25) is 0 Å². The van der Waals surface area contributed by atoms with Gasteiger partial charge in [0.15, 0.2) is 5.58 Å². The van der Waals surface area contributed by atoms with Gasteiger partial charge in [0.25, 0.3) is 10.8 Å². The highest BCUT2D eigenvalue weighted by atomic mass is 32.2. The van der Waals surface area contributed by atoms with Crippen LogP contribution in [-0.4, -0.2) is 9.55 Å². The second-order valence-corrected chi connectivity index (χ2v) is 6.63. The van der Waals surface area contributed by atoms with E-state index < -0.39 is 0 Å². The molecule has 0 spiro atoms. The lowest BCUT2D eigenvalue weighted by Crippen LogP contribution is -2.24. The van der Waals surface area contributed by atoms with Crippen LogP contribution in [0.1, 0.15) is 31.0 Å². The first-order valence-corrected chi connectivity index (χ1v) is 8.66. The molecule has 0 unspecified atom stereocenters. The van der Waals surface area contributed by atoms with E-state index in [1.54, 1.807) is 0 Å². The molecule has 0 aliphatic rings. The van der Waals surface area contributed by atoms with E-state index in [9.17, 15) is 4.79 Å². The van der Waals surface area contributed by atoms with E-state index in [4.69, 9.17) is 4.42 Å². The average Bonchev–Trinajstić information content (AvgIpc) is 2.95. The largest absolute Gasteiger partial charge is 0.431 e. The quantitative estimate of drug-likeness (QED) is 0.689. The molecule has 5 heteroatoms. The van der Waals surface area contributed by atoms with E-state index in [0.29, 0.717) is 10.1 Å². The summed E-state index contributed by atoms with van der Waals surface area (Å²) in [5.74, 6) is 0. The Morgan fingerprint density at radius 1 is 1.26 bits per heavy atom. The smallest absolute Gasteiger partial charge is 0.264 e. The first-order valence-electron chi connectivity index (χ1n) is 7.84. The molecule has 120 valence electrons. The van der Waals surface area contributed by atoms with Crippen LogP contribution in [-0.2, 0) is 6.54 Å². The van der Waals surface area contributed by atoms with Crippen LogP contribution < -0.4 is 5.56 Å². The maximum absolute atomic E-state index is 12.7. The minimum absolute atomic E-state index is 0.0359. The summed E-state index contributed by atoms with van der Waals surface area (Å²) in [5, 5.41) is 0.508. The van der Waals surface area contributed by atoms with Crippen LogP contribution in [0.4, 0.5) is 0 Å². The van der Waals surface area contributed by atoms with Gasteiger partial charge in [0.05, 0.1) is 4.90 Å². The zero-order valence-electron chi connectivity index (χ0n) is 13.6. The molecule has 0 aliphatic heterocycles. The van der Waals surface area contributed by atoms with Crippen molar-refractivity contribution in [3.05, 3.63) is 51.9 Å². The van der Waals surface area contributed by atoms with Gasteiger partial charge in [0, 0.05) is 12.2 Å². The lowest BCUT2D eigenvalue weighted by atomic mass is 10.2. The number of unbranched alkanes of at least 4 members (excludes halogenated alkanes) is 1. The molecule has 4 nitrogen and oxygen atoms in total. The Balaban J connectivity index is 1.99. The molecule has 2 aromatic heterocycles. The summed E-state index contributed by atoms with van der Waals surface area (Å²) in [6.07, 6.45) is 2.06. The van der Waals surface area contributed by atoms with E-state index in [0.717, 1.165) is 41.7 Å². The second kappa shape index (κ2) is 6.62. The normalized spacial score (nSPS) is 11.3. The first kappa shape index (κ1) is 15.9. The zero-order valence-corrected chi connectivity index (χ0v) is 14.4. The molecule has 0 atom stereocenters. The molecule has 3 rings (SSSR count). The van der Waals surface area contributed by atoms with E-state index in [1.165, 1.54) is 11.8 Å². The number of aromatic nitrogens is 2. The number of fused-ring (bicyclic) bond motifs is 1. The third kappa shape index (κ3) is 3.20. The van der Waals surface area contributed by atoms with Crippen molar-refractivity contribution < 1.29 is 4.42 Å². The molecule has 0 saturated carbocycles. The number of para-hydroxylation sites is 2. The Labute approximate surface area is 139 Å². The molecule has 0 saturated heterocycles. The molecule has 23 heavy (non-hydrogen) atoms. The first-order chi connectivity index (χ1) is 11.1. The molecule has 0 radical (unpaired) electrons. The number of hydrogen-bond donors (Lipinski definition) is 0. The van der Waals surface area contributed by atoms with Crippen LogP contribution in [0, 0.1) is 13.8 Å². The van der Waals surface area contributed by atoms with Gasteiger partial charge in [-0.05, 0) is 55.8 Å². The highest BCUT2D eigenvalue weighted by molar-refractivity contribution is 7.99. The molecular weight excluding hydrogens is 308 g/mol. The van der Waals surface area contributed by atoms with Crippen LogP contribution in [0.3, 0.4) is 0 Å². The maximum atomic E-state index is 12.7. The minimum atomic E-state index is 0.0359. The number of pyridine rings is 1. The number of oxazole rings is 1. The lowest BCUT2D eigenvalue weighted by molar-refractivity contribution is 0.489. The summed E-state index contributed by atoms with van der Waals surface area (Å²) in [5.41, 5.74) is 3.73. The molecule has 0 N–H and O–H groups in total. The molecule has 0 aliphatic carbocycles. The molecular formula is C18H20N2O2S. The fourth-order valence-corrected chi connectivity index (χ4v) is 3.41. The van der Waals surface area contributed by atoms with Crippen LogP contribution in [0.15, 0.2) is 49.7 Å². The lowest BCUT2D eigenvalue weighted by Gasteiger charge is -2.13. The SMILES string of the molecule is CCCCn1c(C)c(C)cc(Sc2nc3ccccc3o2)c1=O. The van der Waals surface area contributed by atoms with Crippen molar-refractivity contribution in [2.24, 2.45) is 0 Å². The van der Waals surface area contributed by atoms with Crippen molar-refractivity contribution >= 4 is 22.9 Å². The van der Waals surface area contributed by atoms with Gasteiger partial charge in [0.1, 0.15) is 5.52 Å². The summed E-state index contributed by atoms with van der Waals surface area (Å²) in [7, 11) is 0. The Kier molecular flexibility index (Phi) is 4.57. The standard InChI is InChI=1S/C18H20N2O2S/c1-4-5-10-20-13(3)12(2)11-16(17(20)21)23-18-19-14-8-6-7-9-15(14)22-18/h6-9,11H,4-5,10H2,1-3H3. The second-order valence-electron chi connectivity index (χ2n) is 5.64. The predicted molar refractivity (Wildman–Crippen MR) is 93.2 cm³/mol. The van der Waals surface area contributed by atoms with Crippen LogP contribution in [0.5, 0.6) is 0 Å². The van der Waals surface area contributed by atoms with Crippen LogP contribution >= 0.6 is 11.8 Å². The summed E-state index contributed by atoms with van der Waals surface area (Å²) < 4.78 is 7.59. The van der Waals surface area contributed by atoms with Gasteiger partial charge in [-0.15, -0.1) is 0 Å². The van der Waals surface area contributed by atoms with Gasteiger partial charge in [-0.3, -0.25) is 4.79 Å². The van der Waals surface area contributed by atoms with E-state index in [-0.39, 0.29) is 5.56 Å². The van der Waals surface area contributed by atoms with Crippen molar-refractivity contribution in [3.8, 4) is 0 Å². The van der Waals surface area contributed by atoms with Crippen LogP contribution in [0.25, 0.3) is 11.1 Å². The van der Waals surface area contributed by atoms with Crippen molar-refractivity contribution in [1.82, 2.24) is 9.55 Å². The van der Waals surface area contributed by atoms with Crippen molar-refractivity contribution in [3.63, 3.8) is 0 Å². The van der Waals surface area contributed by atoms with Gasteiger partial charge in [0.2, 0.25) is 0 Å². The van der Waals surface area contributed by atoms with Gasteiger partial charge in [-0.25, -0.2) is 4.98 Å². The van der Waals surface area contributed by atoms with Gasteiger partial charge in [-0.1, -0.05) is 25.5 Å². The molecule has 3 aromatic rings. The molecule has 0 bridgehead atoms. The third-order valence-electron chi connectivity index (χ3n) is 3.99. The Hall–Kier alpha value is -2.01. The van der Waals surface area contributed by atoms with E-state index in [1.807, 2.05) is 48.7 Å².